The second-order valence-electron chi connectivity index (χ2n) is 3.60. The minimum absolute atomic E-state index is 0.0469. The number of carbonyl (C=O) groups is 2. The highest BCUT2D eigenvalue weighted by atomic mass is 16.3. The number of hydrogen-bond donors (Lipinski definition) is 1. The Morgan fingerprint density at radius 3 is 2.73 bits per heavy atom. The summed E-state index contributed by atoms with van der Waals surface area (Å²) in [5.74, 6) is -0.427. The van der Waals surface area contributed by atoms with E-state index >= 15 is 0 Å². The van der Waals surface area contributed by atoms with Crippen LogP contribution in [0, 0.1) is 0 Å². The van der Waals surface area contributed by atoms with Crippen molar-refractivity contribution in [3.05, 3.63) is 35.4 Å². The maximum Gasteiger partial charge on any atom is 0.257 e. The molecule has 0 bridgehead atoms. The van der Waals surface area contributed by atoms with Gasteiger partial charge in [-0.25, -0.2) is 0 Å². The Balaban J connectivity index is 2.36. The van der Waals surface area contributed by atoms with E-state index in [1.54, 1.807) is 24.3 Å². The maximum atomic E-state index is 11.8. The number of amides is 1. The Morgan fingerprint density at radius 2 is 2.13 bits per heavy atom. The smallest absolute Gasteiger partial charge is 0.257 e. The lowest BCUT2D eigenvalue weighted by Crippen LogP contribution is -2.32. The van der Waals surface area contributed by atoms with Crippen LogP contribution in [0.1, 0.15) is 29.1 Å². The number of fused-ring (bicyclic) bond motifs is 1. The minimum atomic E-state index is -0.988. The second-order valence-corrected chi connectivity index (χ2v) is 3.60. The van der Waals surface area contributed by atoms with Crippen LogP contribution in [0.25, 0.3) is 0 Å². The number of hydrogen-bond acceptors (Lipinski definition) is 3. The summed E-state index contributed by atoms with van der Waals surface area (Å²) in [4.78, 5) is 23.9. The van der Waals surface area contributed by atoms with Gasteiger partial charge in [-0.05, 0) is 13.0 Å². The highest BCUT2D eigenvalue weighted by Gasteiger charge is 2.35. The molecule has 78 valence electrons. The minimum Gasteiger partial charge on any atom is -0.369 e. The van der Waals surface area contributed by atoms with Crippen molar-refractivity contribution in [3.63, 3.8) is 0 Å². The summed E-state index contributed by atoms with van der Waals surface area (Å²) in [6, 6.07) is 6.84. The van der Waals surface area contributed by atoms with E-state index in [0.717, 1.165) is 0 Å². The van der Waals surface area contributed by atoms with Crippen molar-refractivity contribution in [2.24, 2.45) is 0 Å². The van der Waals surface area contributed by atoms with Crippen molar-refractivity contribution in [1.29, 1.82) is 0 Å². The maximum absolute atomic E-state index is 11.8. The third-order valence-electron chi connectivity index (χ3n) is 2.42. The van der Waals surface area contributed by atoms with E-state index in [1.165, 1.54) is 11.8 Å². The van der Waals surface area contributed by atoms with Gasteiger partial charge in [0.1, 0.15) is 5.78 Å². The molecule has 0 radical (unpaired) electrons. The summed E-state index contributed by atoms with van der Waals surface area (Å²) in [6.45, 7) is 1.34. The van der Waals surface area contributed by atoms with Crippen molar-refractivity contribution in [3.8, 4) is 0 Å². The zero-order valence-corrected chi connectivity index (χ0v) is 8.30. The van der Waals surface area contributed by atoms with Gasteiger partial charge >= 0.3 is 0 Å². The molecule has 0 fully saturated rings. The Hall–Kier alpha value is -1.68. The molecule has 1 amide bonds. The van der Waals surface area contributed by atoms with Crippen LogP contribution in [0.5, 0.6) is 0 Å². The molecule has 1 atom stereocenters. The van der Waals surface area contributed by atoms with Gasteiger partial charge < -0.3 is 10.0 Å². The first kappa shape index (κ1) is 9.86. The van der Waals surface area contributed by atoms with Gasteiger partial charge in [-0.15, -0.1) is 0 Å². The summed E-state index contributed by atoms with van der Waals surface area (Å²) < 4.78 is 0. The van der Waals surface area contributed by atoms with Crippen molar-refractivity contribution in [2.45, 2.75) is 13.2 Å². The fraction of sp³-hybridized carbons (Fsp3) is 0.273. The first-order valence-electron chi connectivity index (χ1n) is 4.68. The van der Waals surface area contributed by atoms with Crippen LogP contribution < -0.4 is 0 Å². The molecule has 0 saturated heterocycles. The number of rotatable bonds is 2. The molecule has 1 heterocycles. The highest BCUT2D eigenvalue weighted by molar-refractivity contribution is 6.00. The average molecular weight is 205 g/mol. The standard InChI is InChI=1S/C11H11NO3/c1-7(13)6-12-10(14)8-4-2-3-5-9(8)11(12)15/h2-5,10,14H,6H2,1H3. The molecule has 0 saturated carbocycles. The summed E-state index contributed by atoms with van der Waals surface area (Å²) in [6.07, 6.45) is -0.988. The molecule has 2 rings (SSSR count). The number of benzene rings is 1. The zero-order chi connectivity index (χ0) is 11.0. The molecule has 1 N–H and O–H groups in total. The lowest BCUT2D eigenvalue weighted by atomic mass is 10.1. The lowest BCUT2D eigenvalue weighted by Gasteiger charge is -2.18. The summed E-state index contributed by atoms with van der Waals surface area (Å²) in [5, 5.41) is 9.81. The summed E-state index contributed by atoms with van der Waals surface area (Å²) >= 11 is 0. The Labute approximate surface area is 87.1 Å². The SMILES string of the molecule is CC(=O)CN1C(=O)c2ccccc2C1O. The van der Waals surface area contributed by atoms with Gasteiger partial charge in [-0.3, -0.25) is 9.59 Å². The van der Waals surface area contributed by atoms with Gasteiger partial charge in [0.05, 0.1) is 6.54 Å². The van der Waals surface area contributed by atoms with E-state index < -0.39 is 6.23 Å². The third-order valence-corrected chi connectivity index (χ3v) is 2.42. The number of nitrogens with zero attached hydrogens (tertiary/aromatic N) is 1. The largest absolute Gasteiger partial charge is 0.369 e. The first-order chi connectivity index (χ1) is 7.11. The number of ketones is 1. The van der Waals surface area contributed by atoms with Crippen molar-refractivity contribution in [1.82, 2.24) is 4.90 Å². The van der Waals surface area contributed by atoms with E-state index in [4.69, 9.17) is 0 Å². The first-order valence-corrected chi connectivity index (χ1v) is 4.68. The predicted molar refractivity (Wildman–Crippen MR) is 53.1 cm³/mol. The number of Topliss-reactive ketones (excluding diaryl/α,β-unsaturated/α-hetero) is 1. The Morgan fingerprint density at radius 1 is 1.47 bits per heavy atom. The molecular formula is C11H11NO3. The van der Waals surface area contributed by atoms with Crippen LogP contribution in [-0.4, -0.2) is 28.2 Å². The molecule has 4 heteroatoms. The average Bonchev–Trinajstić information content (AvgIpc) is 2.44. The van der Waals surface area contributed by atoms with Crippen molar-refractivity contribution in [2.75, 3.05) is 6.54 Å². The predicted octanol–water partition coefficient (Wildman–Crippen LogP) is 0.722. The van der Waals surface area contributed by atoms with Gasteiger partial charge in [-0.1, -0.05) is 18.2 Å². The van der Waals surface area contributed by atoms with Crippen LogP contribution in [0.2, 0.25) is 0 Å². The Bertz CT molecular complexity index is 428. The van der Waals surface area contributed by atoms with Crippen LogP contribution in [-0.2, 0) is 4.79 Å². The highest BCUT2D eigenvalue weighted by Crippen LogP contribution is 2.30. The molecule has 1 aromatic carbocycles. The van der Waals surface area contributed by atoms with Gasteiger partial charge in [0.15, 0.2) is 6.23 Å². The summed E-state index contributed by atoms with van der Waals surface area (Å²) in [5.41, 5.74) is 1.05. The van der Waals surface area contributed by atoms with Crippen LogP contribution in [0.4, 0.5) is 0 Å². The molecule has 15 heavy (non-hydrogen) atoms. The van der Waals surface area contributed by atoms with Crippen LogP contribution in [0.3, 0.4) is 0 Å². The number of aliphatic hydroxyl groups excluding tert-OH is 1. The molecule has 1 aliphatic heterocycles. The fourth-order valence-electron chi connectivity index (χ4n) is 1.75. The van der Waals surface area contributed by atoms with Crippen LogP contribution >= 0.6 is 0 Å². The van der Waals surface area contributed by atoms with Gasteiger partial charge in [0, 0.05) is 11.1 Å². The van der Waals surface area contributed by atoms with Gasteiger partial charge in [0.2, 0.25) is 0 Å². The van der Waals surface area contributed by atoms with Crippen LogP contribution in [0.15, 0.2) is 24.3 Å². The molecule has 1 aliphatic rings. The molecule has 1 aromatic rings. The normalized spacial score (nSPS) is 19.2. The van der Waals surface area contributed by atoms with E-state index in [9.17, 15) is 14.7 Å². The van der Waals surface area contributed by atoms with E-state index in [-0.39, 0.29) is 18.2 Å². The van der Waals surface area contributed by atoms with E-state index in [1.807, 2.05) is 0 Å². The molecule has 1 unspecified atom stereocenters. The topological polar surface area (TPSA) is 57.6 Å². The zero-order valence-electron chi connectivity index (χ0n) is 8.30. The molecule has 4 nitrogen and oxygen atoms in total. The lowest BCUT2D eigenvalue weighted by molar-refractivity contribution is -0.119. The molecule has 0 aromatic heterocycles. The monoisotopic (exact) mass is 205 g/mol. The van der Waals surface area contributed by atoms with Gasteiger partial charge in [0.25, 0.3) is 5.91 Å². The molecular weight excluding hydrogens is 194 g/mol. The number of aliphatic hydroxyl groups is 1. The van der Waals surface area contributed by atoms with Crippen molar-refractivity contribution < 1.29 is 14.7 Å². The van der Waals surface area contributed by atoms with E-state index in [2.05, 4.69) is 0 Å². The Kier molecular flexibility index (Phi) is 2.28. The molecule has 0 spiro atoms. The summed E-state index contributed by atoms with van der Waals surface area (Å²) in [7, 11) is 0. The fourth-order valence-corrected chi connectivity index (χ4v) is 1.75. The van der Waals surface area contributed by atoms with E-state index in [0.29, 0.717) is 11.1 Å². The quantitative estimate of drug-likeness (QED) is 0.774. The third kappa shape index (κ3) is 1.53. The van der Waals surface area contributed by atoms with Crippen molar-refractivity contribution >= 4 is 11.7 Å². The second kappa shape index (κ2) is 3.47. The molecule has 0 aliphatic carbocycles. The number of carbonyl (C=O) groups excluding carboxylic acids is 2. The van der Waals surface area contributed by atoms with Gasteiger partial charge in [-0.2, -0.15) is 0 Å².